The quantitative estimate of drug-likeness (QED) is 0.661. The Bertz CT molecular complexity index is 1040. The number of carbonyl (C=O) groups is 2. The largest absolute Gasteiger partial charge is 0.449 e. The maximum atomic E-state index is 12.9. The number of esters is 1. The van der Waals surface area contributed by atoms with Crippen molar-refractivity contribution in [1.29, 1.82) is 0 Å². The van der Waals surface area contributed by atoms with Crippen molar-refractivity contribution >= 4 is 28.5 Å². The second-order valence-electron chi connectivity index (χ2n) is 6.84. The number of aryl methyl sites for hydroxylation is 2. The number of benzene rings is 2. The Morgan fingerprint density at radius 2 is 1.86 bits per heavy atom. The highest BCUT2D eigenvalue weighted by Gasteiger charge is 2.23. The Kier molecular flexibility index (Phi) is 5.73. The number of pyridine rings is 1. The van der Waals surface area contributed by atoms with Gasteiger partial charge in [0, 0.05) is 16.8 Å². The van der Waals surface area contributed by atoms with E-state index in [0.29, 0.717) is 17.7 Å². The Morgan fingerprint density at radius 3 is 2.57 bits per heavy atom. The first-order chi connectivity index (χ1) is 13.4. The molecule has 5 nitrogen and oxygen atoms in total. The normalized spacial score (nSPS) is 11.9. The lowest BCUT2D eigenvalue weighted by molar-refractivity contribution is -0.123. The molecule has 0 spiro atoms. The van der Waals surface area contributed by atoms with Gasteiger partial charge < -0.3 is 10.1 Å². The molecule has 0 saturated heterocycles. The summed E-state index contributed by atoms with van der Waals surface area (Å²) in [5, 5.41) is 3.52. The molecule has 0 unspecified atom stereocenters. The third-order valence-electron chi connectivity index (χ3n) is 4.71. The maximum Gasteiger partial charge on any atom is 0.339 e. The number of para-hydroxylation sites is 1. The molecule has 0 bridgehead atoms. The molecule has 1 aromatic heterocycles. The zero-order valence-corrected chi connectivity index (χ0v) is 16.6. The lowest BCUT2D eigenvalue weighted by atomic mass is 10.0. The second kappa shape index (κ2) is 8.21. The molecule has 28 heavy (non-hydrogen) atoms. The number of hydrogen-bond acceptors (Lipinski definition) is 4. The van der Waals surface area contributed by atoms with E-state index in [2.05, 4.69) is 10.3 Å². The fraction of sp³-hybridized carbons (Fsp3) is 0.261. The van der Waals surface area contributed by atoms with E-state index in [-0.39, 0.29) is 5.91 Å². The summed E-state index contributed by atoms with van der Waals surface area (Å²) >= 11 is 0. The molecule has 1 atom stereocenters. The van der Waals surface area contributed by atoms with Gasteiger partial charge >= 0.3 is 5.97 Å². The summed E-state index contributed by atoms with van der Waals surface area (Å²) in [6.07, 6.45) is -0.218. The standard InChI is InChI=1S/C23H24N2O3/c1-5-19-15(3)21(18-11-6-7-12-20(18)25-19)23(27)28-16(4)22(26)24-17-10-8-9-14(2)13-17/h6-13,16H,5H2,1-4H3,(H,24,26)/t16-/m0/s1. The Balaban J connectivity index is 1.84. The van der Waals surface area contributed by atoms with Crippen LogP contribution < -0.4 is 5.32 Å². The van der Waals surface area contributed by atoms with Crippen molar-refractivity contribution in [3.8, 4) is 0 Å². The molecule has 2 aromatic carbocycles. The van der Waals surface area contributed by atoms with E-state index in [4.69, 9.17) is 4.74 Å². The SMILES string of the molecule is CCc1nc2ccccc2c(C(=O)O[C@@H](C)C(=O)Nc2cccc(C)c2)c1C. The number of fused-ring (bicyclic) bond motifs is 1. The number of nitrogens with one attached hydrogen (secondary N) is 1. The van der Waals surface area contributed by atoms with Crippen molar-refractivity contribution in [1.82, 2.24) is 4.98 Å². The molecule has 0 saturated carbocycles. The smallest absolute Gasteiger partial charge is 0.339 e. The van der Waals surface area contributed by atoms with Crippen LogP contribution in [0.4, 0.5) is 5.69 Å². The molecule has 0 aliphatic rings. The Labute approximate surface area is 164 Å². The average molecular weight is 376 g/mol. The van der Waals surface area contributed by atoms with Crippen LogP contribution in [0.3, 0.4) is 0 Å². The zero-order chi connectivity index (χ0) is 20.3. The molecule has 0 aliphatic carbocycles. The third-order valence-corrected chi connectivity index (χ3v) is 4.71. The van der Waals surface area contributed by atoms with Gasteiger partial charge in [-0.05, 0) is 56.5 Å². The van der Waals surface area contributed by atoms with Gasteiger partial charge in [-0.2, -0.15) is 0 Å². The number of rotatable bonds is 5. The lowest BCUT2D eigenvalue weighted by Crippen LogP contribution is -2.30. The van der Waals surface area contributed by atoms with Gasteiger partial charge in [0.1, 0.15) is 0 Å². The van der Waals surface area contributed by atoms with Crippen LogP contribution in [0.25, 0.3) is 10.9 Å². The van der Waals surface area contributed by atoms with Crippen LogP contribution >= 0.6 is 0 Å². The van der Waals surface area contributed by atoms with Crippen LogP contribution in [0.1, 0.15) is 41.0 Å². The first kappa shape index (κ1) is 19.5. The Morgan fingerprint density at radius 1 is 1.11 bits per heavy atom. The van der Waals surface area contributed by atoms with Crippen LogP contribution in [-0.2, 0) is 16.0 Å². The van der Waals surface area contributed by atoms with Crippen LogP contribution in [0.2, 0.25) is 0 Å². The summed E-state index contributed by atoms with van der Waals surface area (Å²) in [6.45, 7) is 7.38. The number of carbonyl (C=O) groups excluding carboxylic acids is 2. The van der Waals surface area contributed by atoms with Crippen molar-refractivity contribution < 1.29 is 14.3 Å². The van der Waals surface area contributed by atoms with Crippen molar-refractivity contribution in [3.63, 3.8) is 0 Å². The van der Waals surface area contributed by atoms with E-state index in [1.807, 2.05) is 63.2 Å². The molecule has 144 valence electrons. The highest BCUT2D eigenvalue weighted by atomic mass is 16.5. The minimum absolute atomic E-state index is 0.370. The van der Waals surface area contributed by atoms with Gasteiger partial charge in [0.25, 0.3) is 5.91 Å². The van der Waals surface area contributed by atoms with Crippen molar-refractivity contribution in [2.24, 2.45) is 0 Å². The van der Waals surface area contributed by atoms with Gasteiger partial charge in [0.2, 0.25) is 0 Å². The summed E-state index contributed by atoms with van der Waals surface area (Å²) in [5.74, 6) is -0.886. The van der Waals surface area contributed by atoms with Crippen molar-refractivity contribution in [2.45, 2.75) is 40.2 Å². The van der Waals surface area contributed by atoms with Gasteiger partial charge in [0.15, 0.2) is 6.10 Å². The third kappa shape index (κ3) is 4.03. The highest BCUT2D eigenvalue weighted by molar-refractivity contribution is 6.06. The highest BCUT2D eigenvalue weighted by Crippen LogP contribution is 2.25. The van der Waals surface area contributed by atoms with E-state index >= 15 is 0 Å². The molecular formula is C23H24N2O3. The minimum atomic E-state index is -0.926. The van der Waals surface area contributed by atoms with E-state index in [1.165, 1.54) is 0 Å². The molecule has 1 heterocycles. The predicted molar refractivity (Wildman–Crippen MR) is 111 cm³/mol. The van der Waals surface area contributed by atoms with Crippen LogP contribution in [-0.4, -0.2) is 23.0 Å². The number of hydrogen-bond donors (Lipinski definition) is 1. The topological polar surface area (TPSA) is 68.3 Å². The number of aromatic nitrogens is 1. The fourth-order valence-electron chi connectivity index (χ4n) is 3.21. The van der Waals surface area contributed by atoms with Gasteiger partial charge in [-0.25, -0.2) is 4.79 Å². The van der Waals surface area contributed by atoms with Gasteiger partial charge in [-0.1, -0.05) is 37.3 Å². The molecule has 0 fully saturated rings. The number of anilines is 1. The molecule has 0 radical (unpaired) electrons. The maximum absolute atomic E-state index is 12.9. The van der Waals surface area contributed by atoms with E-state index in [0.717, 1.165) is 27.7 Å². The number of amides is 1. The summed E-state index contributed by atoms with van der Waals surface area (Å²) in [5.41, 5.74) is 4.56. The summed E-state index contributed by atoms with van der Waals surface area (Å²) in [4.78, 5) is 30.0. The molecule has 3 rings (SSSR count). The number of nitrogens with zero attached hydrogens (tertiary/aromatic N) is 1. The van der Waals surface area contributed by atoms with E-state index in [9.17, 15) is 9.59 Å². The predicted octanol–water partition coefficient (Wildman–Crippen LogP) is 4.60. The molecule has 1 N–H and O–H groups in total. The first-order valence-corrected chi connectivity index (χ1v) is 9.37. The monoisotopic (exact) mass is 376 g/mol. The fourth-order valence-corrected chi connectivity index (χ4v) is 3.21. The molecule has 0 aliphatic heterocycles. The molecule has 1 amide bonds. The average Bonchev–Trinajstić information content (AvgIpc) is 2.67. The van der Waals surface area contributed by atoms with Crippen molar-refractivity contribution in [2.75, 3.05) is 5.32 Å². The summed E-state index contributed by atoms with van der Waals surface area (Å²) < 4.78 is 5.51. The lowest BCUT2D eigenvalue weighted by Gasteiger charge is -2.17. The zero-order valence-electron chi connectivity index (χ0n) is 16.6. The second-order valence-corrected chi connectivity index (χ2v) is 6.84. The van der Waals surface area contributed by atoms with Crippen LogP contribution in [0.5, 0.6) is 0 Å². The summed E-state index contributed by atoms with van der Waals surface area (Å²) in [6, 6.07) is 14.9. The van der Waals surface area contributed by atoms with E-state index < -0.39 is 12.1 Å². The van der Waals surface area contributed by atoms with Crippen molar-refractivity contribution in [3.05, 3.63) is 70.9 Å². The Hall–Kier alpha value is -3.21. The van der Waals surface area contributed by atoms with Crippen LogP contribution in [0.15, 0.2) is 48.5 Å². The van der Waals surface area contributed by atoms with Gasteiger partial charge in [0.05, 0.1) is 11.1 Å². The molecule has 3 aromatic rings. The molecule has 5 heteroatoms. The van der Waals surface area contributed by atoms with Gasteiger partial charge in [-0.15, -0.1) is 0 Å². The minimum Gasteiger partial charge on any atom is -0.449 e. The number of ether oxygens (including phenoxy) is 1. The molecular weight excluding hydrogens is 352 g/mol. The first-order valence-electron chi connectivity index (χ1n) is 9.37. The van der Waals surface area contributed by atoms with E-state index in [1.54, 1.807) is 13.0 Å². The van der Waals surface area contributed by atoms with Gasteiger partial charge in [-0.3, -0.25) is 9.78 Å². The van der Waals surface area contributed by atoms with Crippen LogP contribution in [0, 0.1) is 13.8 Å². The summed E-state index contributed by atoms with van der Waals surface area (Å²) in [7, 11) is 0.